The van der Waals surface area contributed by atoms with Gasteiger partial charge in [-0.3, -0.25) is 4.79 Å². The molecule has 4 heteroatoms. The minimum atomic E-state index is -1.02. The van der Waals surface area contributed by atoms with E-state index in [1.54, 1.807) is 19.9 Å². The summed E-state index contributed by atoms with van der Waals surface area (Å²) in [7, 11) is 0. The smallest absolute Gasteiger partial charge is 0.310 e. The van der Waals surface area contributed by atoms with Crippen LogP contribution in [0.1, 0.15) is 29.5 Å². The SMILES string of the molecule is Cc1cc(Br)c(C)c(C(C)C(=O)O)c1F. The van der Waals surface area contributed by atoms with Gasteiger partial charge in [0.15, 0.2) is 0 Å². The van der Waals surface area contributed by atoms with E-state index in [9.17, 15) is 9.18 Å². The molecule has 0 aliphatic carbocycles. The van der Waals surface area contributed by atoms with E-state index in [-0.39, 0.29) is 5.56 Å². The van der Waals surface area contributed by atoms with Gasteiger partial charge in [0.25, 0.3) is 0 Å². The van der Waals surface area contributed by atoms with Gasteiger partial charge in [-0.25, -0.2) is 4.39 Å². The van der Waals surface area contributed by atoms with Gasteiger partial charge in [0.1, 0.15) is 5.82 Å². The predicted octanol–water partition coefficient (Wildman–Crippen LogP) is 3.39. The van der Waals surface area contributed by atoms with Crippen LogP contribution in [-0.2, 0) is 4.79 Å². The maximum Gasteiger partial charge on any atom is 0.310 e. The highest BCUT2D eigenvalue weighted by Gasteiger charge is 2.22. The zero-order valence-electron chi connectivity index (χ0n) is 8.77. The van der Waals surface area contributed by atoms with Gasteiger partial charge in [-0.1, -0.05) is 15.9 Å². The van der Waals surface area contributed by atoms with E-state index >= 15 is 0 Å². The zero-order valence-corrected chi connectivity index (χ0v) is 10.4. The van der Waals surface area contributed by atoms with Gasteiger partial charge >= 0.3 is 5.97 Å². The zero-order chi connectivity index (χ0) is 11.7. The van der Waals surface area contributed by atoms with Gasteiger partial charge in [-0.15, -0.1) is 0 Å². The summed E-state index contributed by atoms with van der Waals surface area (Å²) in [4.78, 5) is 10.8. The summed E-state index contributed by atoms with van der Waals surface area (Å²) in [6.07, 6.45) is 0. The fourth-order valence-corrected chi connectivity index (χ4v) is 2.06. The highest BCUT2D eigenvalue weighted by atomic mass is 79.9. The van der Waals surface area contributed by atoms with Crippen LogP contribution in [0.5, 0.6) is 0 Å². The summed E-state index contributed by atoms with van der Waals surface area (Å²) >= 11 is 3.29. The standard InChI is InChI=1S/C11H12BrFO2/c1-5-4-8(12)6(2)9(10(5)13)7(3)11(14)15/h4,7H,1-3H3,(H,14,15). The lowest BCUT2D eigenvalue weighted by Crippen LogP contribution is -2.12. The number of rotatable bonds is 2. The highest BCUT2D eigenvalue weighted by Crippen LogP contribution is 2.30. The number of halogens is 2. The Morgan fingerprint density at radius 1 is 1.53 bits per heavy atom. The second-order valence-corrected chi connectivity index (χ2v) is 4.44. The third-order valence-electron chi connectivity index (χ3n) is 2.49. The van der Waals surface area contributed by atoms with Crippen LogP contribution in [-0.4, -0.2) is 11.1 Å². The molecule has 1 atom stereocenters. The van der Waals surface area contributed by atoms with Gasteiger partial charge in [0.05, 0.1) is 5.92 Å². The minimum Gasteiger partial charge on any atom is -0.481 e. The third kappa shape index (κ3) is 2.20. The molecule has 0 heterocycles. The Morgan fingerprint density at radius 2 is 2.07 bits per heavy atom. The van der Waals surface area contributed by atoms with E-state index < -0.39 is 17.7 Å². The molecule has 0 fully saturated rings. The summed E-state index contributed by atoms with van der Waals surface area (Å²) in [6.45, 7) is 4.82. The molecular formula is C11H12BrFO2. The van der Waals surface area contributed by atoms with Crippen LogP contribution in [0.2, 0.25) is 0 Å². The average Bonchev–Trinajstić information content (AvgIpc) is 2.15. The summed E-state index contributed by atoms with van der Waals surface area (Å²) in [5, 5.41) is 8.88. The van der Waals surface area contributed by atoms with Gasteiger partial charge < -0.3 is 5.11 Å². The molecule has 1 aromatic carbocycles. The lowest BCUT2D eigenvalue weighted by Gasteiger charge is -2.14. The van der Waals surface area contributed by atoms with Crippen molar-refractivity contribution in [1.82, 2.24) is 0 Å². The largest absolute Gasteiger partial charge is 0.481 e. The second kappa shape index (κ2) is 4.31. The van der Waals surface area contributed by atoms with Crippen molar-refractivity contribution in [2.45, 2.75) is 26.7 Å². The molecule has 15 heavy (non-hydrogen) atoms. The Morgan fingerprint density at radius 3 is 2.53 bits per heavy atom. The van der Waals surface area contributed by atoms with Crippen LogP contribution >= 0.6 is 15.9 Å². The minimum absolute atomic E-state index is 0.259. The van der Waals surface area contributed by atoms with Crippen molar-refractivity contribution in [3.8, 4) is 0 Å². The van der Waals surface area contributed by atoms with Crippen molar-refractivity contribution in [2.24, 2.45) is 0 Å². The molecule has 0 saturated heterocycles. The summed E-state index contributed by atoms with van der Waals surface area (Å²) in [5.41, 5.74) is 1.36. The van der Waals surface area contributed by atoms with E-state index in [0.29, 0.717) is 11.1 Å². The predicted molar refractivity (Wildman–Crippen MR) is 59.6 cm³/mol. The Labute approximate surface area is 96.2 Å². The van der Waals surface area contributed by atoms with E-state index in [1.165, 1.54) is 6.92 Å². The average molecular weight is 275 g/mol. The van der Waals surface area contributed by atoms with Crippen LogP contribution in [0, 0.1) is 19.7 Å². The molecule has 0 amide bonds. The first kappa shape index (κ1) is 12.2. The molecule has 1 rings (SSSR count). The maximum atomic E-state index is 13.8. The van der Waals surface area contributed by atoms with Gasteiger partial charge in [-0.2, -0.15) is 0 Å². The first-order valence-corrected chi connectivity index (χ1v) is 5.33. The molecule has 0 radical (unpaired) electrons. The molecule has 0 bridgehead atoms. The molecule has 1 aromatic rings. The van der Waals surface area contributed by atoms with Crippen molar-refractivity contribution in [1.29, 1.82) is 0 Å². The molecule has 0 aliphatic heterocycles. The Kier molecular flexibility index (Phi) is 3.50. The Bertz CT molecular complexity index is 389. The molecule has 0 saturated carbocycles. The van der Waals surface area contributed by atoms with Crippen molar-refractivity contribution in [2.75, 3.05) is 0 Å². The molecule has 0 spiro atoms. The number of carboxylic acid groups (broad SMARTS) is 1. The topological polar surface area (TPSA) is 37.3 Å². The van der Waals surface area contributed by atoms with Gasteiger partial charge in [0, 0.05) is 10.0 Å². The highest BCUT2D eigenvalue weighted by molar-refractivity contribution is 9.10. The number of carboxylic acids is 1. The monoisotopic (exact) mass is 274 g/mol. The lowest BCUT2D eigenvalue weighted by atomic mass is 9.94. The van der Waals surface area contributed by atoms with Gasteiger partial charge in [0.2, 0.25) is 0 Å². The van der Waals surface area contributed by atoms with E-state index in [0.717, 1.165) is 4.47 Å². The Hall–Kier alpha value is -0.900. The number of hydrogen-bond donors (Lipinski definition) is 1. The van der Waals surface area contributed by atoms with E-state index in [1.807, 2.05) is 0 Å². The molecule has 1 unspecified atom stereocenters. The summed E-state index contributed by atoms with van der Waals surface area (Å²) in [6, 6.07) is 1.66. The first-order valence-electron chi connectivity index (χ1n) is 4.54. The lowest BCUT2D eigenvalue weighted by molar-refractivity contribution is -0.138. The Balaban J connectivity index is 3.45. The number of benzene rings is 1. The van der Waals surface area contributed by atoms with Crippen molar-refractivity contribution in [3.05, 3.63) is 33.0 Å². The molecule has 0 aliphatic rings. The summed E-state index contributed by atoms with van der Waals surface area (Å²) in [5.74, 6) is -2.28. The molecule has 82 valence electrons. The maximum absolute atomic E-state index is 13.8. The van der Waals surface area contributed by atoms with Gasteiger partial charge in [-0.05, 0) is 38.0 Å². The molecule has 2 nitrogen and oxygen atoms in total. The van der Waals surface area contributed by atoms with Crippen molar-refractivity contribution < 1.29 is 14.3 Å². The van der Waals surface area contributed by atoms with Crippen molar-refractivity contribution in [3.63, 3.8) is 0 Å². The summed E-state index contributed by atoms with van der Waals surface area (Å²) < 4.78 is 14.5. The number of hydrogen-bond acceptors (Lipinski definition) is 1. The van der Waals surface area contributed by atoms with Crippen LogP contribution < -0.4 is 0 Å². The first-order chi connectivity index (χ1) is 6.86. The van der Waals surface area contributed by atoms with Crippen LogP contribution in [0.25, 0.3) is 0 Å². The van der Waals surface area contributed by atoms with E-state index in [4.69, 9.17) is 5.11 Å². The fourth-order valence-electron chi connectivity index (χ4n) is 1.51. The van der Waals surface area contributed by atoms with E-state index in [2.05, 4.69) is 15.9 Å². The van der Waals surface area contributed by atoms with Crippen molar-refractivity contribution >= 4 is 21.9 Å². The number of aryl methyl sites for hydroxylation is 1. The number of carbonyl (C=O) groups is 1. The molecule has 1 N–H and O–H groups in total. The number of aliphatic carboxylic acids is 1. The van der Waals surface area contributed by atoms with Crippen LogP contribution in [0.3, 0.4) is 0 Å². The molecular weight excluding hydrogens is 263 g/mol. The van der Waals surface area contributed by atoms with Crippen LogP contribution in [0.15, 0.2) is 10.5 Å². The molecule has 0 aromatic heterocycles. The quantitative estimate of drug-likeness (QED) is 0.898. The normalized spacial score (nSPS) is 12.6. The second-order valence-electron chi connectivity index (χ2n) is 3.59. The fraction of sp³-hybridized carbons (Fsp3) is 0.364. The third-order valence-corrected chi connectivity index (χ3v) is 3.32. The van der Waals surface area contributed by atoms with Crippen LogP contribution in [0.4, 0.5) is 4.39 Å².